The maximum Gasteiger partial charge on any atom is 0.0654 e. The van der Waals surface area contributed by atoms with Crippen molar-refractivity contribution in [3.8, 4) is 0 Å². The number of rotatable bonds is 8. The number of halogens is 1. The van der Waals surface area contributed by atoms with Crippen LogP contribution in [0.4, 0.5) is 0 Å². The average molecular weight is 324 g/mol. The van der Waals surface area contributed by atoms with Gasteiger partial charge in [-0.2, -0.15) is 0 Å². The van der Waals surface area contributed by atoms with Crippen molar-refractivity contribution in [1.29, 1.82) is 0 Å². The van der Waals surface area contributed by atoms with E-state index in [4.69, 9.17) is 11.6 Å². The summed E-state index contributed by atoms with van der Waals surface area (Å²) in [6.45, 7) is 6.17. The van der Waals surface area contributed by atoms with Gasteiger partial charge in [0.05, 0.1) is 5.60 Å². The number of hydrogen-bond donors (Lipinski definition) is 1. The lowest BCUT2D eigenvalue weighted by Gasteiger charge is -2.45. The third-order valence-corrected chi connectivity index (χ3v) is 5.87. The number of hydrogen-bond acceptors (Lipinski definition) is 2. The zero-order valence-corrected chi connectivity index (χ0v) is 15.0. The van der Waals surface area contributed by atoms with Crippen LogP contribution in [-0.4, -0.2) is 35.7 Å². The molecule has 1 aromatic rings. The first kappa shape index (κ1) is 17.8. The standard InChI is InChI=1S/C19H30ClNO/c1-4-19(22,5-2)13-14-21(3)15-18(11-6-12-18)16-7-9-17(20)10-8-16/h7-10,22H,4-6,11-15H2,1-3H3. The zero-order chi connectivity index (χ0) is 16.2. The molecular weight excluding hydrogens is 294 g/mol. The van der Waals surface area contributed by atoms with E-state index in [-0.39, 0.29) is 5.41 Å². The molecule has 1 aliphatic rings. The van der Waals surface area contributed by atoms with Crippen molar-refractivity contribution < 1.29 is 5.11 Å². The first-order valence-corrected chi connectivity index (χ1v) is 8.98. The summed E-state index contributed by atoms with van der Waals surface area (Å²) in [5, 5.41) is 11.3. The van der Waals surface area contributed by atoms with Crippen LogP contribution < -0.4 is 0 Å². The summed E-state index contributed by atoms with van der Waals surface area (Å²) in [4.78, 5) is 2.39. The molecule has 0 radical (unpaired) electrons. The molecule has 0 aromatic heterocycles. The van der Waals surface area contributed by atoms with Crippen LogP contribution in [0.15, 0.2) is 24.3 Å². The molecule has 0 spiro atoms. The quantitative estimate of drug-likeness (QED) is 0.753. The van der Waals surface area contributed by atoms with Gasteiger partial charge in [0.1, 0.15) is 0 Å². The lowest BCUT2D eigenvalue weighted by Crippen LogP contribution is -2.45. The Morgan fingerprint density at radius 2 is 1.77 bits per heavy atom. The van der Waals surface area contributed by atoms with Gasteiger partial charge in [-0.05, 0) is 56.8 Å². The van der Waals surface area contributed by atoms with Gasteiger partial charge in [-0.3, -0.25) is 0 Å². The van der Waals surface area contributed by atoms with Gasteiger partial charge < -0.3 is 10.0 Å². The van der Waals surface area contributed by atoms with Gasteiger partial charge in [-0.15, -0.1) is 0 Å². The molecule has 0 heterocycles. The third kappa shape index (κ3) is 4.04. The van der Waals surface area contributed by atoms with Crippen LogP contribution in [0.3, 0.4) is 0 Å². The molecule has 0 amide bonds. The van der Waals surface area contributed by atoms with E-state index in [1.807, 2.05) is 12.1 Å². The Kier molecular flexibility index (Phi) is 5.93. The molecule has 0 aliphatic heterocycles. The fourth-order valence-electron chi connectivity index (χ4n) is 3.54. The van der Waals surface area contributed by atoms with Crippen molar-refractivity contribution in [3.63, 3.8) is 0 Å². The number of aliphatic hydroxyl groups is 1. The molecule has 124 valence electrons. The number of likely N-dealkylation sites (N-methyl/N-ethyl adjacent to an activating group) is 1. The van der Waals surface area contributed by atoms with Crippen LogP contribution in [0.5, 0.6) is 0 Å². The van der Waals surface area contributed by atoms with Gasteiger partial charge in [0, 0.05) is 23.5 Å². The van der Waals surface area contributed by atoms with E-state index < -0.39 is 5.60 Å². The Morgan fingerprint density at radius 1 is 1.18 bits per heavy atom. The van der Waals surface area contributed by atoms with Crippen molar-refractivity contribution in [1.82, 2.24) is 4.90 Å². The Balaban J connectivity index is 1.96. The highest BCUT2D eigenvalue weighted by atomic mass is 35.5. The Morgan fingerprint density at radius 3 is 2.23 bits per heavy atom. The molecule has 0 atom stereocenters. The second kappa shape index (κ2) is 7.33. The molecule has 1 aliphatic carbocycles. The predicted molar refractivity (Wildman–Crippen MR) is 94.6 cm³/mol. The molecule has 2 rings (SSSR count). The molecule has 22 heavy (non-hydrogen) atoms. The topological polar surface area (TPSA) is 23.5 Å². The van der Waals surface area contributed by atoms with Gasteiger partial charge >= 0.3 is 0 Å². The summed E-state index contributed by atoms with van der Waals surface area (Å²) in [6.07, 6.45) is 6.34. The minimum absolute atomic E-state index is 0.288. The van der Waals surface area contributed by atoms with Crippen molar-refractivity contribution in [2.24, 2.45) is 0 Å². The SMILES string of the molecule is CCC(O)(CC)CCN(C)CC1(c2ccc(Cl)cc2)CCC1. The van der Waals surface area contributed by atoms with E-state index >= 15 is 0 Å². The van der Waals surface area contributed by atoms with Crippen LogP contribution >= 0.6 is 11.6 Å². The summed E-state index contributed by atoms with van der Waals surface area (Å²) in [5.74, 6) is 0. The summed E-state index contributed by atoms with van der Waals surface area (Å²) in [6, 6.07) is 8.38. The fraction of sp³-hybridized carbons (Fsp3) is 0.684. The van der Waals surface area contributed by atoms with E-state index in [0.29, 0.717) is 0 Å². The summed E-state index contributed by atoms with van der Waals surface area (Å²) < 4.78 is 0. The van der Waals surface area contributed by atoms with Gasteiger partial charge in [0.2, 0.25) is 0 Å². The van der Waals surface area contributed by atoms with Crippen molar-refractivity contribution >= 4 is 11.6 Å². The van der Waals surface area contributed by atoms with Crippen molar-refractivity contribution in [2.75, 3.05) is 20.1 Å². The minimum atomic E-state index is -0.499. The first-order valence-electron chi connectivity index (χ1n) is 8.60. The second-order valence-corrected chi connectivity index (χ2v) is 7.50. The molecule has 1 aromatic carbocycles. The smallest absolute Gasteiger partial charge is 0.0654 e. The van der Waals surface area contributed by atoms with E-state index in [1.54, 1.807) is 0 Å². The molecular formula is C19H30ClNO. The van der Waals surface area contributed by atoms with Gasteiger partial charge in [0.15, 0.2) is 0 Å². The average Bonchev–Trinajstić information content (AvgIpc) is 2.49. The largest absolute Gasteiger partial charge is 0.390 e. The molecule has 1 saturated carbocycles. The molecule has 0 bridgehead atoms. The maximum absolute atomic E-state index is 10.5. The molecule has 1 N–H and O–H groups in total. The van der Waals surface area contributed by atoms with Crippen LogP contribution in [0, 0.1) is 0 Å². The van der Waals surface area contributed by atoms with E-state index in [2.05, 4.69) is 37.9 Å². The van der Waals surface area contributed by atoms with Crippen LogP contribution in [0.1, 0.15) is 57.9 Å². The zero-order valence-electron chi connectivity index (χ0n) is 14.2. The summed E-state index contributed by atoms with van der Waals surface area (Å²) in [5.41, 5.74) is 1.20. The van der Waals surface area contributed by atoms with Crippen LogP contribution in [-0.2, 0) is 5.41 Å². The van der Waals surface area contributed by atoms with Gasteiger partial charge in [-0.25, -0.2) is 0 Å². The molecule has 2 nitrogen and oxygen atoms in total. The second-order valence-electron chi connectivity index (χ2n) is 7.06. The number of nitrogens with zero attached hydrogens (tertiary/aromatic N) is 1. The predicted octanol–water partition coefficient (Wildman–Crippen LogP) is 4.63. The molecule has 0 saturated heterocycles. The van der Waals surface area contributed by atoms with E-state index in [0.717, 1.165) is 37.4 Å². The monoisotopic (exact) mass is 323 g/mol. The summed E-state index contributed by atoms with van der Waals surface area (Å²) in [7, 11) is 2.18. The van der Waals surface area contributed by atoms with Crippen molar-refractivity contribution in [2.45, 2.75) is 63.4 Å². The lowest BCUT2D eigenvalue weighted by molar-refractivity contribution is 0.0126. The Hall–Kier alpha value is -0.570. The highest BCUT2D eigenvalue weighted by molar-refractivity contribution is 6.30. The third-order valence-electron chi connectivity index (χ3n) is 5.61. The highest BCUT2D eigenvalue weighted by Crippen LogP contribution is 2.44. The van der Waals surface area contributed by atoms with E-state index in [9.17, 15) is 5.11 Å². The van der Waals surface area contributed by atoms with Gasteiger partial charge in [0.25, 0.3) is 0 Å². The maximum atomic E-state index is 10.5. The highest BCUT2D eigenvalue weighted by Gasteiger charge is 2.39. The van der Waals surface area contributed by atoms with Crippen molar-refractivity contribution in [3.05, 3.63) is 34.9 Å². The molecule has 0 unspecified atom stereocenters. The Labute approximate surface area is 140 Å². The fourth-order valence-corrected chi connectivity index (χ4v) is 3.67. The normalized spacial score (nSPS) is 17.5. The van der Waals surface area contributed by atoms with Gasteiger partial charge in [-0.1, -0.05) is 44.0 Å². The lowest BCUT2D eigenvalue weighted by atomic mass is 9.64. The molecule has 1 fully saturated rings. The van der Waals surface area contributed by atoms with Crippen LogP contribution in [0.25, 0.3) is 0 Å². The number of benzene rings is 1. The van der Waals surface area contributed by atoms with E-state index in [1.165, 1.54) is 24.8 Å². The Bertz CT molecular complexity index is 463. The summed E-state index contributed by atoms with van der Waals surface area (Å²) >= 11 is 6.02. The minimum Gasteiger partial charge on any atom is -0.390 e. The molecule has 3 heteroatoms. The first-order chi connectivity index (χ1) is 10.4. The van der Waals surface area contributed by atoms with Crippen LogP contribution in [0.2, 0.25) is 5.02 Å².